The second kappa shape index (κ2) is 13.9. The van der Waals surface area contributed by atoms with Gasteiger partial charge in [0.25, 0.3) is 0 Å². The van der Waals surface area contributed by atoms with Gasteiger partial charge in [-0.2, -0.15) is 0 Å². The fraction of sp³-hybridized carbons (Fsp3) is 0.0526. The van der Waals surface area contributed by atoms with E-state index < -0.39 is 0 Å². The molecule has 11 rings (SSSR count). The number of nitrogens with zero attached hydrogens (tertiary/aromatic N) is 2. The van der Waals surface area contributed by atoms with Crippen molar-refractivity contribution in [3.05, 3.63) is 217 Å². The van der Waals surface area contributed by atoms with Gasteiger partial charge in [-0.15, -0.1) is 0 Å². The van der Waals surface area contributed by atoms with E-state index in [1.165, 1.54) is 60.5 Å². The maximum atomic E-state index is 5.19. The Morgan fingerprint density at radius 3 is 1.66 bits per heavy atom. The van der Waals surface area contributed by atoms with Crippen LogP contribution in [-0.4, -0.2) is 9.97 Å². The van der Waals surface area contributed by atoms with E-state index in [0.717, 1.165) is 44.8 Å². The fourth-order valence-electron chi connectivity index (χ4n) is 9.33. The Morgan fingerprint density at radius 1 is 0.322 bits per heavy atom. The summed E-state index contributed by atoms with van der Waals surface area (Å²) in [5.74, 6) is 0.704. The first-order chi connectivity index (χ1) is 29.0. The highest BCUT2D eigenvalue weighted by Crippen LogP contribution is 2.55. The zero-order valence-corrected chi connectivity index (χ0v) is 33.0. The first-order valence-corrected chi connectivity index (χ1v) is 20.4. The highest BCUT2D eigenvalue weighted by molar-refractivity contribution is 6.09. The molecule has 1 aliphatic rings. The van der Waals surface area contributed by atoms with Gasteiger partial charge >= 0.3 is 0 Å². The van der Waals surface area contributed by atoms with Crippen LogP contribution >= 0.6 is 0 Å². The van der Waals surface area contributed by atoms with Crippen molar-refractivity contribution in [1.29, 1.82) is 0 Å². The summed E-state index contributed by atoms with van der Waals surface area (Å²) in [5, 5.41) is 5.03. The van der Waals surface area contributed by atoms with Crippen LogP contribution in [0.15, 0.2) is 206 Å². The van der Waals surface area contributed by atoms with Crippen molar-refractivity contribution in [2.24, 2.45) is 0 Å². The first kappa shape index (κ1) is 34.8. The van der Waals surface area contributed by atoms with Crippen LogP contribution in [0.1, 0.15) is 25.0 Å². The third-order valence-corrected chi connectivity index (χ3v) is 12.3. The Morgan fingerprint density at radius 2 is 0.898 bits per heavy atom. The molecule has 0 radical (unpaired) electrons. The highest BCUT2D eigenvalue weighted by Gasteiger charge is 2.37. The molecule has 1 aliphatic carbocycles. The molecule has 0 amide bonds. The molecule has 1 aromatic heterocycles. The van der Waals surface area contributed by atoms with Gasteiger partial charge < -0.3 is 0 Å². The summed E-state index contributed by atoms with van der Waals surface area (Å²) in [6, 6.07) is 74.3. The van der Waals surface area contributed by atoms with Crippen molar-refractivity contribution in [2.45, 2.75) is 19.3 Å². The van der Waals surface area contributed by atoms with Gasteiger partial charge in [-0.1, -0.05) is 202 Å². The number of benzene rings is 9. The number of rotatable bonds is 6. The molecular weight excluding hydrogens is 713 g/mol. The standard InChI is InChI=1S/C57H40N2/c1-57(2)50-27-15-26-48(55(50)49-34-42-21-9-10-22-43(42)35-51(49)57)54-45-24-12-11-18-38(45)32-33-46(54)39-28-30-40(31-29-39)52-36-53(59-56(58-52)41-19-7-4-8-20-41)47-25-14-13-23-44(47)37-16-5-3-6-17-37/h3-36H,1-2H3. The predicted octanol–water partition coefficient (Wildman–Crippen LogP) is 15.1. The van der Waals surface area contributed by atoms with Gasteiger partial charge in [0.15, 0.2) is 5.82 Å². The molecule has 9 aromatic carbocycles. The predicted molar refractivity (Wildman–Crippen MR) is 247 cm³/mol. The average Bonchev–Trinajstić information content (AvgIpc) is 3.53. The summed E-state index contributed by atoms with van der Waals surface area (Å²) in [4.78, 5) is 10.4. The molecule has 0 aliphatic heterocycles. The Hall–Kier alpha value is -7.42. The number of hydrogen-bond acceptors (Lipinski definition) is 2. The van der Waals surface area contributed by atoms with Crippen LogP contribution in [0.5, 0.6) is 0 Å². The van der Waals surface area contributed by atoms with Crippen LogP contribution < -0.4 is 0 Å². The van der Waals surface area contributed by atoms with Gasteiger partial charge in [0.2, 0.25) is 0 Å². The Bertz CT molecular complexity index is 3220. The molecule has 0 spiro atoms. The molecule has 0 bridgehead atoms. The van der Waals surface area contributed by atoms with E-state index >= 15 is 0 Å². The summed E-state index contributed by atoms with van der Waals surface area (Å²) in [5.41, 5.74) is 17.4. The Balaban J connectivity index is 1.07. The van der Waals surface area contributed by atoms with E-state index in [4.69, 9.17) is 9.97 Å². The number of aromatic nitrogens is 2. The van der Waals surface area contributed by atoms with Gasteiger partial charge in [0.05, 0.1) is 11.4 Å². The van der Waals surface area contributed by atoms with Crippen molar-refractivity contribution in [2.75, 3.05) is 0 Å². The monoisotopic (exact) mass is 752 g/mol. The Kier molecular flexibility index (Phi) is 8.20. The van der Waals surface area contributed by atoms with E-state index in [0.29, 0.717) is 5.82 Å². The van der Waals surface area contributed by atoms with Gasteiger partial charge in [-0.25, -0.2) is 9.97 Å². The lowest BCUT2D eigenvalue weighted by molar-refractivity contribution is 0.661. The molecule has 59 heavy (non-hydrogen) atoms. The van der Waals surface area contributed by atoms with Crippen LogP contribution in [-0.2, 0) is 5.41 Å². The third-order valence-electron chi connectivity index (χ3n) is 12.3. The molecule has 0 saturated carbocycles. The highest BCUT2D eigenvalue weighted by atomic mass is 14.9. The molecule has 0 unspecified atom stereocenters. The van der Waals surface area contributed by atoms with E-state index in [1.807, 2.05) is 18.2 Å². The summed E-state index contributed by atoms with van der Waals surface area (Å²) in [6.07, 6.45) is 0. The first-order valence-electron chi connectivity index (χ1n) is 20.4. The van der Waals surface area contributed by atoms with Crippen LogP contribution in [0.4, 0.5) is 0 Å². The lowest BCUT2D eigenvalue weighted by Gasteiger charge is -2.22. The van der Waals surface area contributed by atoms with Crippen molar-refractivity contribution in [3.63, 3.8) is 0 Å². The van der Waals surface area contributed by atoms with Gasteiger partial charge in [-0.05, 0) is 95.4 Å². The molecule has 0 fully saturated rings. The normalized spacial score (nSPS) is 12.7. The van der Waals surface area contributed by atoms with E-state index in [2.05, 4.69) is 202 Å². The van der Waals surface area contributed by atoms with Crippen molar-refractivity contribution >= 4 is 21.5 Å². The van der Waals surface area contributed by atoms with Crippen LogP contribution in [0, 0.1) is 0 Å². The molecule has 2 nitrogen and oxygen atoms in total. The van der Waals surface area contributed by atoms with Crippen molar-refractivity contribution < 1.29 is 0 Å². The summed E-state index contributed by atoms with van der Waals surface area (Å²) >= 11 is 0. The summed E-state index contributed by atoms with van der Waals surface area (Å²) in [6.45, 7) is 4.75. The SMILES string of the molecule is CC1(C)c2cc3ccccc3cc2-c2c(-c3c(-c4ccc(-c5cc(-c6ccccc6-c6ccccc6)nc(-c6ccccc6)n5)cc4)ccc4ccccc34)cccc21. The summed E-state index contributed by atoms with van der Waals surface area (Å²) in [7, 11) is 0. The van der Waals surface area contributed by atoms with Crippen LogP contribution in [0.2, 0.25) is 0 Å². The number of hydrogen-bond donors (Lipinski definition) is 0. The second-order valence-electron chi connectivity index (χ2n) is 16.1. The maximum absolute atomic E-state index is 5.19. The minimum absolute atomic E-state index is 0.131. The van der Waals surface area contributed by atoms with Crippen molar-refractivity contribution in [1.82, 2.24) is 9.97 Å². The quantitative estimate of drug-likeness (QED) is 0.169. The molecule has 0 atom stereocenters. The Labute approximate surface area is 345 Å². The van der Waals surface area contributed by atoms with Gasteiger partial charge in [0, 0.05) is 22.1 Å². The molecule has 10 aromatic rings. The second-order valence-corrected chi connectivity index (χ2v) is 16.1. The lowest BCUT2D eigenvalue weighted by Crippen LogP contribution is -2.14. The topological polar surface area (TPSA) is 25.8 Å². The third kappa shape index (κ3) is 5.87. The largest absolute Gasteiger partial charge is 0.228 e. The minimum Gasteiger partial charge on any atom is -0.228 e. The minimum atomic E-state index is -0.131. The van der Waals surface area contributed by atoms with Crippen molar-refractivity contribution in [3.8, 4) is 78.4 Å². The number of fused-ring (bicyclic) bond motifs is 5. The molecule has 2 heteroatoms. The molecule has 1 heterocycles. The summed E-state index contributed by atoms with van der Waals surface area (Å²) < 4.78 is 0. The van der Waals surface area contributed by atoms with E-state index in [-0.39, 0.29) is 5.41 Å². The van der Waals surface area contributed by atoms with Gasteiger partial charge in [0.1, 0.15) is 0 Å². The average molecular weight is 753 g/mol. The molecule has 0 saturated heterocycles. The van der Waals surface area contributed by atoms with E-state index in [9.17, 15) is 0 Å². The fourth-order valence-corrected chi connectivity index (χ4v) is 9.33. The zero-order valence-electron chi connectivity index (χ0n) is 33.0. The molecular formula is C57H40N2. The smallest absolute Gasteiger partial charge is 0.160 e. The lowest BCUT2D eigenvalue weighted by atomic mass is 9.81. The van der Waals surface area contributed by atoms with Crippen LogP contribution in [0.25, 0.3) is 100.0 Å². The molecule has 278 valence electrons. The van der Waals surface area contributed by atoms with Crippen LogP contribution in [0.3, 0.4) is 0 Å². The maximum Gasteiger partial charge on any atom is 0.160 e. The molecule has 0 N–H and O–H groups in total. The zero-order chi connectivity index (χ0) is 39.5. The van der Waals surface area contributed by atoms with E-state index in [1.54, 1.807) is 0 Å². The van der Waals surface area contributed by atoms with Gasteiger partial charge in [-0.3, -0.25) is 0 Å².